The summed E-state index contributed by atoms with van der Waals surface area (Å²) in [6.07, 6.45) is 1.35. The van der Waals surface area contributed by atoms with Gasteiger partial charge in [0.15, 0.2) is 29.3 Å². The van der Waals surface area contributed by atoms with Gasteiger partial charge in [-0.3, -0.25) is 9.69 Å². The first-order valence-electron chi connectivity index (χ1n) is 9.15. The molecule has 8 heteroatoms. The zero-order chi connectivity index (χ0) is 18.9. The van der Waals surface area contributed by atoms with Gasteiger partial charge in [-0.1, -0.05) is 12.1 Å². The molecular formula is C20H19N3O4S. The number of amides is 1. The van der Waals surface area contributed by atoms with E-state index in [2.05, 4.69) is 16.0 Å². The number of fused-ring (bicyclic) bond motifs is 1. The highest BCUT2D eigenvalue weighted by atomic mass is 32.1. The molecule has 0 bridgehead atoms. The van der Waals surface area contributed by atoms with Crippen LogP contribution in [0.2, 0.25) is 0 Å². The van der Waals surface area contributed by atoms with Crippen LogP contribution in [0.1, 0.15) is 16.1 Å². The first-order valence-corrected chi connectivity index (χ1v) is 10.0. The van der Waals surface area contributed by atoms with Crippen LogP contribution in [0.5, 0.6) is 11.5 Å². The average Bonchev–Trinajstić information content (AvgIpc) is 3.48. The molecule has 1 amide bonds. The Morgan fingerprint density at radius 3 is 2.79 bits per heavy atom. The minimum absolute atomic E-state index is 0.0696. The smallest absolute Gasteiger partial charge is 0.276 e. The standard InChI is InChI=1S/C20H19N3O4S/c24-20(18-19(25-12-21-18)17-2-1-9-28-17)23-7-5-22(6-8-23)11-14-3-4-15-16(10-14)27-13-26-15/h1-4,9-10,12H,5-8,11,13H2. The SMILES string of the molecule is O=C(c1ncoc1-c1cccs1)N1CCN(Cc2ccc3c(c2)OCO3)CC1. The Morgan fingerprint density at radius 2 is 1.96 bits per heavy atom. The summed E-state index contributed by atoms with van der Waals surface area (Å²) >= 11 is 1.54. The molecule has 0 unspecified atom stereocenters. The molecule has 2 aliphatic rings. The van der Waals surface area contributed by atoms with Gasteiger partial charge in [-0.05, 0) is 29.1 Å². The quantitative estimate of drug-likeness (QED) is 0.674. The summed E-state index contributed by atoms with van der Waals surface area (Å²) < 4.78 is 16.3. The van der Waals surface area contributed by atoms with Crippen LogP contribution in [0, 0.1) is 0 Å². The average molecular weight is 397 g/mol. The number of thiophene rings is 1. The summed E-state index contributed by atoms with van der Waals surface area (Å²) in [5, 5.41) is 1.96. The fourth-order valence-corrected chi connectivity index (χ4v) is 4.25. The third kappa shape index (κ3) is 3.25. The van der Waals surface area contributed by atoms with E-state index in [0.29, 0.717) is 24.5 Å². The van der Waals surface area contributed by atoms with Gasteiger partial charge in [-0.15, -0.1) is 11.3 Å². The molecule has 1 fully saturated rings. The summed E-state index contributed by atoms with van der Waals surface area (Å²) in [6.45, 7) is 4.07. The van der Waals surface area contributed by atoms with E-state index in [-0.39, 0.29) is 12.7 Å². The van der Waals surface area contributed by atoms with Crippen molar-refractivity contribution in [2.75, 3.05) is 33.0 Å². The molecule has 144 valence electrons. The Balaban J connectivity index is 1.22. The number of hydrogen-bond donors (Lipinski definition) is 0. The number of benzene rings is 1. The lowest BCUT2D eigenvalue weighted by Crippen LogP contribution is -2.48. The van der Waals surface area contributed by atoms with Gasteiger partial charge in [0.25, 0.3) is 5.91 Å². The Labute approximate surface area is 166 Å². The van der Waals surface area contributed by atoms with Gasteiger partial charge < -0.3 is 18.8 Å². The molecule has 1 aromatic carbocycles. The van der Waals surface area contributed by atoms with E-state index in [1.807, 2.05) is 34.5 Å². The maximum atomic E-state index is 12.9. The van der Waals surface area contributed by atoms with E-state index in [9.17, 15) is 4.79 Å². The highest BCUT2D eigenvalue weighted by Crippen LogP contribution is 2.33. The van der Waals surface area contributed by atoms with Crippen molar-refractivity contribution in [1.82, 2.24) is 14.8 Å². The second-order valence-electron chi connectivity index (χ2n) is 6.76. The van der Waals surface area contributed by atoms with Crippen LogP contribution in [-0.2, 0) is 6.54 Å². The molecule has 7 nitrogen and oxygen atoms in total. The summed E-state index contributed by atoms with van der Waals surface area (Å²) in [6, 6.07) is 9.92. The molecule has 4 heterocycles. The molecular weight excluding hydrogens is 378 g/mol. The van der Waals surface area contributed by atoms with Crippen LogP contribution in [-0.4, -0.2) is 53.7 Å². The molecule has 0 aliphatic carbocycles. The second-order valence-corrected chi connectivity index (χ2v) is 7.71. The number of aromatic nitrogens is 1. The maximum absolute atomic E-state index is 12.9. The minimum atomic E-state index is -0.0696. The van der Waals surface area contributed by atoms with Crippen LogP contribution in [0.4, 0.5) is 0 Å². The first kappa shape index (κ1) is 17.3. The summed E-state index contributed by atoms with van der Waals surface area (Å²) in [7, 11) is 0. The number of rotatable bonds is 4. The number of ether oxygens (including phenoxy) is 2. The van der Waals surface area contributed by atoms with Crippen molar-refractivity contribution in [3.05, 3.63) is 53.4 Å². The number of nitrogens with zero attached hydrogens (tertiary/aromatic N) is 3. The predicted octanol–water partition coefficient (Wildman–Crippen LogP) is 3.09. The Morgan fingerprint density at radius 1 is 1.11 bits per heavy atom. The van der Waals surface area contributed by atoms with Crippen LogP contribution in [0.3, 0.4) is 0 Å². The van der Waals surface area contributed by atoms with Gasteiger partial charge >= 0.3 is 0 Å². The van der Waals surface area contributed by atoms with Gasteiger partial charge in [-0.2, -0.15) is 0 Å². The van der Waals surface area contributed by atoms with E-state index >= 15 is 0 Å². The van der Waals surface area contributed by atoms with Crippen molar-refractivity contribution >= 4 is 17.2 Å². The monoisotopic (exact) mass is 397 g/mol. The number of piperazine rings is 1. The van der Waals surface area contributed by atoms with E-state index in [1.54, 1.807) is 0 Å². The molecule has 2 aromatic heterocycles. The molecule has 0 radical (unpaired) electrons. The molecule has 3 aromatic rings. The molecule has 5 rings (SSSR count). The zero-order valence-electron chi connectivity index (χ0n) is 15.2. The van der Waals surface area contributed by atoms with Gasteiger partial charge in [-0.25, -0.2) is 4.98 Å². The van der Waals surface area contributed by atoms with Crippen LogP contribution < -0.4 is 9.47 Å². The van der Waals surface area contributed by atoms with Crippen molar-refractivity contribution in [3.63, 3.8) is 0 Å². The lowest BCUT2D eigenvalue weighted by Gasteiger charge is -2.34. The fraction of sp³-hybridized carbons (Fsp3) is 0.300. The van der Waals surface area contributed by atoms with E-state index in [4.69, 9.17) is 13.9 Å². The van der Waals surface area contributed by atoms with E-state index in [1.165, 1.54) is 23.3 Å². The zero-order valence-corrected chi connectivity index (χ0v) is 16.0. The van der Waals surface area contributed by atoms with Crippen molar-refractivity contribution < 1.29 is 18.7 Å². The summed E-state index contributed by atoms with van der Waals surface area (Å²) in [5.74, 6) is 2.09. The Bertz CT molecular complexity index is 977. The van der Waals surface area contributed by atoms with Crippen molar-refractivity contribution in [3.8, 4) is 22.1 Å². The lowest BCUT2D eigenvalue weighted by molar-refractivity contribution is 0.0623. The normalized spacial score (nSPS) is 16.5. The lowest BCUT2D eigenvalue weighted by atomic mass is 10.1. The third-order valence-corrected chi connectivity index (χ3v) is 5.89. The predicted molar refractivity (Wildman–Crippen MR) is 104 cm³/mol. The highest BCUT2D eigenvalue weighted by molar-refractivity contribution is 7.13. The number of hydrogen-bond acceptors (Lipinski definition) is 7. The number of oxazole rings is 1. The number of carbonyl (C=O) groups excluding carboxylic acids is 1. The Hall–Kier alpha value is -2.84. The van der Waals surface area contributed by atoms with Gasteiger partial charge in [0.05, 0.1) is 4.88 Å². The molecule has 0 atom stereocenters. The first-order chi connectivity index (χ1) is 13.8. The summed E-state index contributed by atoms with van der Waals surface area (Å²) in [4.78, 5) is 22.2. The van der Waals surface area contributed by atoms with E-state index < -0.39 is 0 Å². The Kier molecular flexibility index (Phi) is 4.50. The van der Waals surface area contributed by atoms with Crippen molar-refractivity contribution in [2.45, 2.75) is 6.54 Å². The second kappa shape index (κ2) is 7.29. The van der Waals surface area contributed by atoms with Gasteiger partial charge in [0.2, 0.25) is 6.79 Å². The summed E-state index contributed by atoms with van der Waals surface area (Å²) in [5.41, 5.74) is 1.58. The molecule has 0 saturated carbocycles. The topological polar surface area (TPSA) is 68.0 Å². The number of carbonyl (C=O) groups is 1. The van der Waals surface area contributed by atoms with Crippen molar-refractivity contribution in [2.24, 2.45) is 0 Å². The van der Waals surface area contributed by atoms with Crippen molar-refractivity contribution in [1.29, 1.82) is 0 Å². The highest BCUT2D eigenvalue weighted by Gasteiger charge is 2.27. The molecule has 28 heavy (non-hydrogen) atoms. The van der Waals surface area contributed by atoms with Crippen LogP contribution in [0.15, 0.2) is 46.5 Å². The maximum Gasteiger partial charge on any atom is 0.276 e. The molecule has 0 spiro atoms. The fourth-order valence-electron chi connectivity index (χ4n) is 3.54. The molecule has 2 aliphatic heterocycles. The largest absolute Gasteiger partial charge is 0.454 e. The van der Waals surface area contributed by atoms with Gasteiger partial charge in [0, 0.05) is 32.7 Å². The molecule has 0 N–H and O–H groups in total. The van der Waals surface area contributed by atoms with Gasteiger partial charge in [0.1, 0.15) is 0 Å². The molecule has 1 saturated heterocycles. The van der Waals surface area contributed by atoms with Crippen LogP contribution >= 0.6 is 11.3 Å². The minimum Gasteiger partial charge on any atom is -0.454 e. The third-order valence-electron chi connectivity index (χ3n) is 5.02. The van der Waals surface area contributed by atoms with E-state index in [0.717, 1.165) is 36.0 Å². The van der Waals surface area contributed by atoms with Crippen LogP contribution in [0.25, 0.3) is 10.6 Å².